The van der Waals surface area contributed by atoms with Crippen molar-refractivity contribution in [2.75, 3.05) is 0 Å². The minimum absolute atomic E-state index is 0.0231. The summed E-state index contributed by atoms with van der Waals surface area (Å²) in [4.78, 5) is 18.1. The molecule has 0 radical (unpaired) electrons. The number of aryl methyl sites for hydroxylation is 1. The summed E-state index contributed by atoms with van der Waals surface area (Å²) in [5.41, 5.74) is 3.99. The first-order valence-electron chi connectivity index (χ1n) is 9.49. The predicted molar refractivity (Wildman–Crippen MR) is 122 cm³/mol. The Bertz CT molecular complexity index is 1220. The molecular formula is C24H21ClN2OS. The number of hydrogen-bond donors (Lipinski definition) is 0. The maximum Gasteiger partial charge on any atom is 0.262 e. The molecule has 4 aromatic rings. The third-order valence-corrected chi connectivity index (χ3v) is 6.39. The Hall–Kier alpha value is -2.56. The number of rotatable bonds is 5. The van der Waals surface area contributed by atoms with Crippen LogP contribution in [0.5, 0.6) is 0 Å². The molecule has 3 nitrogen and oxygen atoms in total. The highest BCUT2D eigenvalue weighted by Gasteiger charge is 2.17. The number of nitrogens with zero attached hydrogens (tertiary/aromatic N) is 2. The van der Waals surface area contributed by atoms with Gasteiger partial charge in [-0.2, -0.15) is 0 Å². The first-order valence-corrected chi connectivity index (χ1v) is 10.7. The van der Waals surface area contributed by atoms with E-state index >= 15 is 0 Å². The lowest BCUT2D eigenvalue weighted by molar-refractivity contribution is 0.656. The molecule has 0 N–H and O–H groups in total. The zero-order chi connectivity index (χ0) is 20.4. The van der Waals surface area contributed by atoms with Gasteiger partial charge in [-0.1, -0.05) is 83.5 Å². The van der Waals surface area contributed by atoms with Gasteiger partial charge in [-0.3, -0.25) is 9.36 Å². The van der Waals surface area contributed by atoms with Crippen molar-refractivity contribution in [2.45, 2.75) is 30.8 Å². The van der Waals surface area contributed by atoms with Crippen LogP contribution in [0.15, 0.2) is 82.7 Å². The van der Waals surface area contributed by atoms with Gasteiger partial charge in [-0.15, -0.1) is 0 Å². The van der Waals surface area contributed by atoms with Crippen molar-refractivity contribution in [1.82, 2.24) is 9.55 Å². The van der Waals surface area contributed by atoms with Crippen molar-refractivity contribution >= 4 is 34.3 Å². The molecule has 0 aliphatic heterocycles. The van der Waals surface area contributed by atoms with Crippen LogP contribution >= 0.6 is 23.4 Å². The van der Waals surface area contributed by atoms with Gasteiger partial charge in [0.15, 0.2) is 5.16 Å². The Labute approximate surface area is 179 Å². The van der Waals surface area contributed by atoms with Crippen LogP contribution in [0.1, 0.15) is 28.9 Å². The average Bonchev–Trinajstić information content (AvgIpc) is 2.72. The standard InChI is InChI=1S/C24H21ClN2OS/c1-16-11-13-18(14-12-16)15-27-23(28)20-8-4-6-10-22(20)26-24(27)29-17(2)19-7-3-5-9-21(19)25/h3-14,17H,15H2,1-2H3/t17-/m0/s1. The molecule has 1 atom stereocenters. The third kappa shape index (κ3) is 4.24. The van der Waals surface area contributed by atoms with Gasteiger partial charge in [0, 0.05) is 10.3 Å². The Balaban J connectivity index is 1.79. The molecule has 0 bridgehead atoms. The molecule has 0 saturated carbocycles. The fourth-order valence-corrected chi connectivity index (χ4v) is 4.72. The van der Waals surface area contributed by atoms with Crippen molar-refractivity contribution in [3.8, 4) is 0 Å². The van der Waals surface area contributed by atoms with E-state index in [2.05, 4.69) is 38.1 Å². The highest BCUT2D eigenvalue weighted by Crippen LogP contribution is 2.37. The molecule has 0 aliphatic rings. The van der Waals surface area contributed by atoms with Crippen molar-refractivity contribution in [3.05, 3.63) is 105 Å². The van der Waals surface area contributed by atoms with E-state index in [0.29, 0.717) is 22.6 Å². The predicted octanol–water partition coefficient (Wildman–Crippen LogP) is 6.26. The average molecular weight is 421 g/mol. The van der Waals surface area contributed by atoms with Gasteiger partial charge in [0.05, 0.1) is 17.4 Å². The van der Waals surface area contributed by atoms with Crippen LogP contribution in [0.25, 0.3) is 10.9 Å². The highest BCUT2D eigenvalue weighted by molar-refractivity contribution is 7.99. The van der Waals surface area contributed by atoms with E-state index in [-0.39, 0.29) is 10.8 Å². The molecule has 1 aromatic heterocycles. The largest absolute Gasteiger partial charge is 0.283 e. The van der Waals surface area contributed by atoms with Gasteiger partial charge >= 0.3 is 0 Å². The second-order valence-corrected chi connectivity index (χ2v) is 8.79. The summed E-state index contributed by atoms with van der Waals surface area (Å²) in [6.07, 6.45) is 0. The molecule has 0 fully saturated rings. The molecule has 5 heteroatoms. The first-order chi connectivity index (χ1) is 14.0. The van der Waals surface area contributed by atoms with Crippen LogP contribution in [0.3, 0.4) is 0 Å². The highest BCUT2D eigenvalue weighted by atomic mass is 35.5. The first kappa shape index (κ1) is 19.7. The van der Waals surface area contributed by atoms with E-state index < -0.39 is 0 Å². The molecule has 0 saturated heterocycles. The minimum Gasteiger partial charge on any atom is -0.283 e. The second-order valence-electron chi connectivity index (χ2n) is 7.07. The Morgan fingerprint density at radius 3 is 2.45 bits per heavy atom. The molecule has 0 spiro atoms. The van der Waals surface area contributed by atoms with Crippen LogP contribution in [-0.4, -0.2) is 9.55 Å². The second kappa shape index (κ2) is 8.44. The molecule has 3 aromatic carbocycles. The summed E-state index contributed by atoms with van der Waals surface area (Å²) in [6, 6.07) is 23.6. The number of benzene rings is 3. The SMILES string of the molecule is Cc1ccc(Cn2c(S[C@@H](C)c3ccccc3Cl)nc3ccccc3c2=O)cc1. The van der Waals surface area contributed by atoms with Gasteiger partial charge in [0.2, 0.25) is 0 Å². The summed E-state index contributed by atoms with van der Waals surface area (Å²) in [5, 5.41) is 2.11. The maximum atomic E-state index is 13.3. The number of fused-ring (bicyclic) bond motifs is 1. The Morgan fingerprint density at radius 1 is 1.00 bits per heavy atom. The number of hydrogen-bond acceptors (Lipinski definition) is 3. The summed E-state index contributed by atoms with van der Waals surface area (Å²) in [6.45, 7) is 4.62. The topological polar surface area (TPSA) is 34.9 Å². The molecule has 29 heavy (non-hydrogen) atoms. The quantitative estimate of drug-likeness (QED) is 0.282. The van der Waals surface area contributed by atoms with Crippen molar-refractivity contribution in [2.24, 2.45) is 0 Å². The Kier molecular flexibility index (Phi) is 5.74. The molecule has 146 valence electrons. The van der Waals surface area contributed by atoms with Crippen molar-refractivity contribution in [1.29, 1.82) is 0 Å². The van der Waals surface area contributed by atoms with Crippen LogP contribution < -0.4 is 5.56 Å². The van der Waals surface area contributed by atoms with Crippen LogP contribution in [0.4, 0.5) is 0 Å². The van der Waals surface area contributed by atoms with Crippen molar-refractivity contribution in [3.63, 3.8) is 0 Å². The number of aromatic nitrogens is 2. The Morgan fingerprint density at radius 2 is 1.69 bits per heavy atom. The summed E-state index contributed by atoms with van der Waals surface area (Å²) in [5.74, 6) is 0. The van der Waals surface area contributed by atoms with E-state index in [1.807, 2.05) is 48.5 Å². The van der Waals surface area contributed by atoms with Gasteiger partial charge in [-0.25, -0.2) is 4.98 Å². The zero-order valence-electron chi connectivity index (χ0n) is 16.3. The molecule has 4 rings (SSSR count). The molecule has 0 aliphatic carbocycles. The number of para-hydroxylation sites is 1. The zero-order valence-corrected chi connectivity index (χ0v) is 17.9. The smallest absolute Gasteiger partial charge is 0.262 e. The minimum atomic E-state index is -0.0231. The third-order valence-electron chi connectivity index (χ3n) is 4.91. The normalized spacial score (nSPS) is 12.2. The molecular weight excluding hydrogens is 400 g/mol. The molecule has 1 heterocycles. The van der Waals surface area contributed by atoms with E-state index in [4.69, 9.17) is 16.6 Å². The number of halogens is 1. The van der Waals surface area contributed by atoms with Gasteiger partial charge in [0.1, 0.15) is 0 Å². The van der Waals surface area contributed by atoms with E-state index in [0.717, 1.165) is 16.1 Å². The summed E-state index contributed by atoms with van der Waals surface area (Å²) >= 11 is 7.95. The van der Waals surface area contributed by atoms with Gasteiger partial charge < -0.3 is 0 Å². The van der Waals surface area contributed by atoms with Gasteiger partial charge in [-0.05, 0) is 43.2 Å². The van der Waals surface area contributed by atoms with Crippen LogP contribution in [0.2, 0.25) is 5.02 Å². The molecule has 0 amide bonds. The fourth-order valence-electron chi connectivity index (χ4n) is 3.28. The maximum absolute atomic E-state index is 13.3. The summed E-state index contributed by atoms with van der Waals surface area (Å²) < 4.78 is 1.77. The lowest BCUT2D eigenvalue weighted by Crippen LogP contribution is -2.24. The number of thioether (sulfide) groups is 1. The van der Waals surface area contributed by atoms with Crippen LogP contribution in [0, 0.1) is 6.92 Å². The van der Waals surface area contributed by atoms with E-state index in [1.54, 1.807) is 16.3 Å². The van der Waals surface area contributed by atoms with Crippen LogP contribution in [-0.2, 0) is 6.54 Å². The monoisotopic (exact) mass is 420 g/mol. The van der Waals surface area contributed by atoms with E-state index in [9.17, 15) is 4.79 Å². The fraction of sp³-hybridized carbons (Fsp3) is 0.167. The lowest BCUT2D eigenvalue weighted by Gasteiger charge is -2.17. The van der Waals surface area contributed by atoms with Crippen molar-refractivity contribution < 1.29 is 0 Å². The van der Waals surface area contributed by atoms with Gasteiger partial charge in [0.25, 0.3) is 5.56 Å². The summed E-state index contributed by atoms with van der Waals surface area (Å²) in [7, 11) is 0. The lowest BCUT2D eigenvalue weighted by atomic mass is 10.1. The molecule has 0 unspecified atom stereocenters. The van der Waals surface area contributed by atoms with E-state index in [1.165, 1.54) is 5.56 Å².